The summed E-state index contributed by atoms with van der Waals surface area (Å²) in [5.74, 6) is -0.753. The first kappa shape index (κ1) is 18.1. The van der Waals surface area contributed by atoms with Gasteiger partial charge < -0.3 is 10.2 Å². The number of carbonyl (C=O) groups is 2. The second-order valence-corrected chi connectivity index (χ2v) is 6.47. The number of hydrogen-bond donors (Lipinski definition) is 2. The molecule has 6 nitrogen and oxygen atoms in total. The molecule has 0 atom stereocenters. The van der Waals surface area contributed by atoms with Crippen LogP contribution in [0.25, 0.3) is 0 Å². The van der Waals surface area contributed by atoms with Crippen molar-refractivity contribution >= 4 is 11.8 Å². The first-order valence-electron chi connectivity index (χ1n) is 8.95. The Kier molecular flexibility index (Phi) is 5.65. The van der Waals surface area contributed by atoms with Crippen molar-refractivity contribution in [2.75, 3.05) is 13.1 Å². The van der Waals surface area contributed by atoms with Gasteiger partial charge in [0.2, 0.25) is 5.91 Å². The Morgan fingerprint density at radius 2 is 2.15 bits per heavy atom. The first-order valence-corrected chi connectivity index (χ1v) is 8.95. The van der Waals surface area contributed by atoms with Crippen LogP contribution in [-0.2, 0) is 24.2 Å². The van der Waals surface area contributed by atoms with Crippen molar-refractivity contribution in [1.82, 2.24) is 20.4 Å². The zero-order valence-electron chi connectivity index (χ0n) is 14.8. The number of aromatic nitrogens is 2. The molecule has 0 fully saturated rings. The lowest BCUT2D eigenvalue weighted by molar-refractivity contribution is -0.131. The minimum atomic E-state index is -0.377. The van der Waals surface area contributed by atoms with Crippen molar-refractivity contribution in [2.45, 2.75) is 39.2 Å². The third kappa shape index (κ3) is 3.92. The van der Waals surface area contributed by atoms with Gasteiger partial charge in [-0.05, 0) is 18.1 Å². The van der Waals surface area contributed by atoms with Gasteiger partial charge in [0.25, 0.3) is 5.91 Å². The number of unbranched alkanes of at least 4 members (excludes halogenated alkanes) is 1. The molecule has 1 aromatic carbocycles. The summed E-state index contributed by atoms with van der Waals surface area (Å²) in [5, 5.41) is 9.89. The van der Waals surface area contributed by atoms with Gasteiger partial charge in [-0.1, -0.05) is 31.5 Å². The molecule has 0 unspecified atom stereocenters. The standard InChI is InChI=1S/C19H23FN4O2/c1-2-3-9-21-19(26)18-14-12-24(10-8-16(14)22-23-18)17(25)11-13-6-4-5-7-15(13)20/h4-7H,2-3,8-12H2,1H3,(H,21,26)(H,22,23). The molecule has 1 aliphatic rings. The number of carbonyl (C=O) groups excluding carboxylic acids is 2. The van der Waals surface area contributed by atoms with Crippen LogP contribution in [-0.4, -0.2) is 40.0 Å². The number of benzene rings is 1. The van der Waals surface area contributed by atoms with E-state index >= 15 is 0 Å². The van der Waals surface area contributed by atoms with E-state index in [0.717, 1.165) is 24.1 Å². The normalized spacial score (nSPS) is 13.4. The molecule has 0 aliphatic carbocycles. The van der Waals surface area contributed by atoms with E-state index in [0.29, 0.717) is 37.3 Å². The number of hydrogen-bond acceptors (Lipinski definition) is 3. The van der Waals surface area contributed by atoms with Crippen LogP contribution in [0.5, 0.6) is 0 Å². The zero-order chi connectivity index (χ0) is 18.5. The molecule has 2 aromatic rings. The van der Waals surface area contributed by atoms with Crippen LogP contribution in [0.3, 0.4) is 0 Å². The molecule has 2 amide bonds. The number of amides is 2. The topological polar surface area (TPSA) is 78.1 Å². The van der Waals surface area contributed by atoms with Gasteiger partial charge in [-0.2, -0.15) is 5.10 Å². The maximum Gasteiger partial charge on any atom is 0.272 e. The Hall–Kier alpha value is -2.70. The van der Waals surface area contributed by atoms with E-state index in [9.17, 15) is 14.0 Å². The number of aromatic amines is 1. The second-order valence-electron chi connectivity index (χ2n) is 6.47. The molecule has 138 valence electrons. The van der Waals surface area contributed by atoms with Crippen LogP contribution in [0, 0.1) is 5.82 Å². The SMILES string of the molecule is CCCCNC(=O)c1n[nH]c2c1CN(C(=O)Cc1ccccc1F)CC2. The van der Waals surface area contributed by atoms with Gasteiger partial charge in [-0.15, -0.1) is 0 Å². The van der Waals surface area contributed by atoms with Crippen molar-refractivity contribution in [3.8, 4) is 0 Å². The predicted octanol–water partition coefficient (Wildman–Crippen LogP) is 2.21. The van der Waals surface area contributed by atoms with Crippen molar-refractivity contribution in [1.29, 1.82) is 0 Å². The van der Waals surface area contributed by atoms with Crippen molar-refractivity contribution in [3.05, 3.63) is 52.6 Å². The van der Waals surface area contributed by atoms with E-state index in [1.807, 2.05) is 0 Å². The highest BCUT2D eigenvalue weighted by Gasteiger charge is 2.27. The number of H-pyrrole nitrogens is 1. The molecule has 0 saturated heterocycles. The molecular formula is C19H23FN4O2. The summed E-state index contributed by atoms with van der Waals surface area (Å²) in [7, 11) is 0. The maximum absolute atomic E-state index is 13.8. The number of rotatable bonds is 6. The van der Waals surface area contributed by atoms with Crippen LogP contribution < -0.4 is 5.32 Å². The Morgan fingerprint density at radius 3 is 2.92 bits per heavy atom. The fourth-order valence-electron chi connectivity index (χ4n) is 3.07. The van der Waals surface area contributed by atoms with Crippen molar-refractivity contribution in [2.24, 2.45) is 0 Å². The van der Waals surface area contributed by atoms with Gasteiger partial charge in [0.15, 0.2) is 5.69 Å². The summed E-state index contributed by atoms with van der Waals surface area (Å²) < 4.78 is 13.8. The molecule has 2 heterocycles. The van der Waals surface area contributed by atoms with Crippen LogP contribution in [0.2, 0.25) is 0 Å². The maximum atomic E-state index is 13.8. The summed E-state index contributed by atoms with van der Waals surface area (Å²) in [5.41, 5.74) is 2.38. The van der Waals surface area contributed by atoms with Crippen molar-refractivity contribution < 1.29 is 14.0 Å². The minimum Gasteiger partial charge on any atom is -0.351 e. The quantitative estimate of drug-likeness (QED) is 0.777. The summed E-state index contributed by atoms with van der Waals surface area (Å²) in [4.78, 5) is 26.5. The number of nitrogens with zero attached hydrogens (tertiary/aromatic N) is 2. The molecule has 0 bridgehead atoms. The molecule has 26 heavy (non-hydrogen) atoms. The van der Waals surface area contributed by atoms with Crippen molar-refractivity contribution in [3.63, 3.8) is 0 Å². The van der Waals surface area contributed by atoms with Crippen LogP contribution in [0.4, 0.5) is 4.39 Å². The molecular weight excluding hydrogens is 335 g/mol. The first-order chi connectivity index (χ1) is 12.6. The Balaban J connectivity index is 1.68. The molecule has 1 aromatic heterocycles. The lowest BCUT2D eigenvalue weighted by Crippen LogP contribution is -2.38. The molecule has 0 saturated carbocycles. The van der Waals surface area contributed by atoms with Gasteiger partial charge in [-0.25, -0.2) is 4.39 Å². The molecule has 3 rings (SSSR count). The number of fused-ring (bicyclic) bond motifs is 1. The number of nitrogens with one attached hydrogen (secondary N) is 2. The zero-order valence-corrected chi connectivity index (χ0v) is 14.8. The van der Waals surface area contributed by atoms with E-state index in [2.05, 4.69) is 22.4 Å². The van der Waals surface area contributed by atoms with Crippen LogP contribution >= 0.6 is 0 Å². The summed E-state index contributed by atoms with van der Waals surface area (Å²) in [6.07, 6.45) is 2.52. The summed E-state index contributed by atoms with van der Waals surface area (Å²) in [6, 6.07) is 6.29. The van der Waals surface area contributed by atoms with E-state index < -0.39 is 0 Å². The van der Waals surface area contributed by atoms with E-state index in [1.54, 1.807) is 23.1 Å². The molecule has 0 spiro atoms. The lowest BCUT2D eigenvalue weighted by Gasteiger charge is -2.27. The summed E-state index contributed by atoms with van der Waals surface area (Å²) >= 11 is 0. The monoisotopic (exact) mass is 358 g/mol. The largest absolute Gasteiger partial charge is 0.351 e. The Labute approximate surface area is 151 Å². The van der Waals surface area contributed by atoms with Gasteiger partial charge in [0.1, 0.15) is 5.82 Å². The molecule has 7 heteroatoms. The predicted molar refractivity (Wildman–Crippen MR) is 95.1 cm³/mol. The summed E-state index contributed by atoms with van der Waals surface area (Å²) in [6.45, 7) is 3.50. The minimum absolute atomic E-state index is 0.0118. The van der Waals surface area contributed by atoms with Crippen LogP contribution in [0.1, 0.15) is 47.1 Å². The molecule has 2 N–H and O–H groups in total. The van der Waals surface area contributed by atoms with Crippen LogP contribution in [0.15, 0.2) is 24.3 Å². The fraction of sp³-hybridized carbons (Fsp3) is 0.421. The van der Waals surface area contributed by atoms with E-state index in [4.69, 9.17) is 0 Å². The molecule has 1 aliphatic heterocycles. The van der Waals surface area contributed by atoms with Gasteiger partial charge in [0.05, 0.1) is 6.42 Å². The fourth-order valence-corrected chi connectivity index (χ4v) is 3.07. The highest BCUT2D eigenvalue weighted by Crippen LogP contribution is 2.21. The Morgan fingerprint density at radius 1 is 1.35 bits per heavy atom. The third-order valence-electron chi connectivity index (χ3n) is 4.62. The van der Waals surface area contributed by atoms with E-state index in [-0.39, 0.29) is 24.1 Å². The number of halogens is 1. The third-order valence-corrected chi connectivity index (χ3v) is 4.62. The average Bonchev–Trinajstić information content (AvgIpc) is 3.07. The van der Waals surface area contributed by atoms with Gasteiger partial charge in [0, 0.05) is 37.3 Å². The highest BCUT2D eigenvalue weighted by atomic mass is 19.1. The Bertz CT molecular complexity index is 803. The van der Waals surface area contributed by atoms with E-state index in [1.165, 1.54) is 6.07 Å². The van der Waals surface area contributed by atoms with Gasteiger partial charge in [-0.3, -0.25) is 14.7 Å². The highest BCUT2D eigenvalue weighted by molar-refractivity contribution is 5.94. The van der Waals surface area contributed by atoms with Gasteiger partial charge >= 0.3 is 0 Å². The lowest BCUT2D eigenvalue weighted by atomic mass is 10.0. The second kappa shape index (κ2) is 8.12. The average molecular weight is 358 g/mol. The smallest absolute Gasteiger partial charge is 0.272 e. The molecule has 0 radical (unpaired) electrons.